The Hall–Kier alpha value is -2.35. The number of fused-ring (bicyclic) bond motifs is 1. The quantitative estimate of drug-likeness (QED) is 0.591. The Morgan fingerprint density at radius 1 is 1.06 bits per heavy atom. The molecular weight excluding hydrogens is 468 g/mol. The first-order valence-corrected chi connectivity index (χ1v) is 12.9. The minimum Gasteiger partial charge on any atom is -0.339 e. The van der Waals surface area contributed by atoms with Gasteiger partial charge in [0, 0.05) is 29.7 Å². The summed E-state index contributed by atoms with van der Waals surface area (Å²) >= 11 is 11.4. The van der Waals surface area contributed by atoms with Gasteiger partial charge in [-0.05, 0) is 74.8 Å². The number of hydrogen-bond acceptors (Lipinski definition) is 4. The third kappa shape index (κ3) is 4.88. The van der Waals surface area contributed by atoms with E-state index in [0.717, 1.165) is 31.5 Å². The highest BCUT2D eigenvalue weighted by molar-refractivity contribution is 7.80. The fraction of sp³-hybridized carbons (Fsp3) is 0.462. The van der Waals surface area contributed by atoms with E-state index in [-0.39, 0.29) is 16.9 Å². The maximum absolute atomic E-state index is 13.2. The molecule has 34 heavy (non-hydrogen) atoms. The lowest BCUT2D eigenvalue weighted by molar-refractivity contribution is -0.130. The van der Waals surface area contributed by atoms with E-state index in [2.05, 4.69) is 9.89 Å². The number of likely N-dealkylation sites (tertiary alicyclic amines) is 2. The molecule has 3 heterocycles. The Morgan fingerprint density at radius 2 is 1.76 bits per heavy atom. The van der Waals surface area contributed by atoms with E-state index in [1.807, 2.05) is 17.0 Å². The monoisotopic (exact) mass is 496 g/mol. The Morgan fingerprint density at radius 3 is 2.47 bits per heavy atom. The molecule has 2 saturated heterocycles. The average molecular weight is 497 g/mol. The summed E-state index contributed by atoms with van der Waals surface area (Å²) in [6.45, 7) is 4.27. The van der Waals surface area contributed by atoms with Crippen LogP contribution in [0, 0.1) is 5.92 Å². The predicted octanol–water partition coefficient (Wildman–Crippen LogP) is 4.00. The molecule has 2 fully saturated rings. The standard InChI is InChI=1S/C26H29ClN4O2S/c27-20-7-4-18(5-8-20)17-31-25(33)22-9-6-19(16-23(22)28-26(31)34)24(32)30-14-10-21(11-15-30)29-12-2-1-3-13-29/h4-9,16,21-22H,1-3,10-15,17H2. The number of carbonyl (C=O) groups is 2. The Kier molecular flexibility index (Phi) is 6.95. The molecular formula is C26H29ClN4O2S. The van der Waals surface area contributed by atoms with Crippen molar-refractivity contribution in [2.75, 3.05) is 26.2 Å². The number of hydrogen-bond donors (Lipinski definition) is 0. The van der Waals surface area contributed by atoms with Crippen LogP contribution in [0.4, 0.5) is 0 Å². The number of carbonyl (C=O) groups excluding carboxylic acids is 2. The van der Waals surface area contributed by atoms with Crippen LogP contribution in [0.3, 0.4) is 0 Å². The van der Waals surface area contributed by atoms with Gasteiger partial charge in [-0.25, -0.2) is 4.99 Å². The zero-order valence-corrected chi connectivity index (χ0v) is 20.7. The zero-order valence-electron chi connectivity index (χ0n) is 19.2. The van der Waals surface area contributed by atoms with Crippen LogP contribution in [-0.4, -0.2) is 69.6 Å². The Balaban J connectivity index is 1.24. The summed E-state index contributed by atoms with van der Waals surface area (Å²) in [5, 5.41) is 0.872. The number of rotatable bonds is 4. The molecule has 1 aromatic rings. The molecule has 0 N–H and O–H groups in total. The van der Waals surface area contributed by atoms with Gasteiger partial charge in [0.15, 0.2) is 0 Å². The number of nitrogens with zero attached hydrogens (tertiary/aromatic N) is 4. The second kappa shape index (κ2) is 10.1. The minimum atomic E-state index is -0.514. The molecule has 0 bridgehead atoms. The van der Waals surface area contributed by atoms with Crippen LogP contribution in [0.5, 0.6) is 0 Å². The fourth-order valence-electron chi connectivity index (χ4n) is 5.29. The van der Waals surface area contributed by atoms with Crippen molar-refractivity contribution in [3.05, 3.63) is 58.7 Å². The van der Waals surface area contributed by atoms with Crippen molar-refractivity contribution >= 4 is 46.5 Å². The fourth-order valence-corrected chi connectivity index (χ4v) is 5.68. The molecule has 0 saturated carbocycles. The average Bonchev–Trinajstić information content (AvgIpc) is 2.87. The van der Waals surface area contributed by atoms with E-state index < -0.39 is 5.92 Å². The first kappa shape index (κ1) is 23.4. The van der Waals surface area contributed by atoms with Crippen molar-refractivity contribution in [3.8, 4) is 0 Å². The largest absolute Gasteiger partial charge is 0.339 e. The van der Waals surface area contributed by atoms with Crippen LogP contribution in [0.1, 0.15) is 37.7 Å². The van der Waals surface area contributed by atoms with Crippen LogP contribution in [0.15, 0.2) is 53.1 Å². The van der Waals surface area contributed by atoms with Gasteiger partial charge < -0.3 is 9.80 Å². The highest BCUT2D eigenvalue weighted by Gasteiger charge is 2.36. The van der Waals surface area contributed by atoms with E-state index in [1.54, 1.807) is 30.4 Å². The summed E-state index contributed by atoms with van der Waals surface area (Å²) in [4.78, 5) is 36.9. The normalized spacial score (nSPS) is 24.1. The van der Waals surface area contributed by atoms with Crippen molar-refractivity contribution in [1.29, 1.82) is 0 Å². The number of piperidine rings is 2. The predicted molar refractivity (Wildman–Crippen MR) is 138 cm³/mol. The molecule has 178 valence electrons. The molecule has 5 rings (SSSR count). The molecule has 0 spiro atoms. The van der Waals surface area contributed by atoms with Gasteiger partial charge in [-0.15, -0.1) is 0 Å². The van der Waals surface area contributed by atoms with E-state index in [1.165, 1.54) is 37.3 Å². The highest BCUT2D eigenvalue weighted by atomic mass is 35.5. The molecule has 0 radical (unpaired) electrons. The van der Waals surface area contributed by atoms with Crippen LogP contribution in [0.2, 0.25) is 5.02 Å². The van der Waals surface area contributed by atoms with Crippen LogP contribution in [-0.2, 0) is 16.1 Å². The van der Waals surface area contributed by atoms with Gasteiger partial charge in [0.2, 0.25) is 11.0 Å². The maximum atomic E-state index is 13.2. The van der Waals surface area contributed by atoms with Gasteiger partial charge in [0.25, 0.3) is 5.91 Å². The number of thiocarbonyl (C=S) groups is 1. The number of aliphatic imine (C=N–C) groups is 1. The minimum absolute atomic E-state index is 0.0106. The summed E-state index contributed by atoms with van der Waals surface area (Å²) in [5.41, 5.74) is 2.06. The number of amides is 2. The highest BCUT2D eigenvalue weighted by Crippen LogP contribution is 2.27. The van der Waals surface area contributed by atoms with Gasteiger partial charge in [-0.3, -0.25) is 14.5 Å². The lowest BCUT2D eigenvalue weighted by Gasteiger charge is -2.40. The lowest BCUT2D eigenvalue weighted by Crippen LogP contribution is -2.49. The maximum Gasteiger partial charge on any atom is 0.253 e. The van der Waals surface area contributed by atoms with Gasteiger partial charge in [-0.1, -0.05) is 42.3 Å². The molecule has 8 heteroatoms. The molecule has 1 atom stereocenters. The molecule has 1 unspecified atom stereocenters. The van der Waals surface area contributed by atoms with Gasteiger partial charge >= 0.3 is 0 Å². The van der Waals surface area contributed by atoms with Crippen molar-refractivity contribution < 1.29 is 9.59 Å². The zero-order chi connectivity index (χ0) is 23.7. The van der Waals surface area contributed by atoms with Crippen molar-refractivity contribution in [2.24, 2.45) is 10.9 Å². The summed E-state index contributed by atoms with van der Waals surface area (Å²) in [5.74, 6) is -0.622. The number of benzene rings is 1. The third-order valence-corrected chi connectivity index (χ3v) is 7.80. The summed E-state index contributed by atoms with van der Waals surface area (Å²) in [6, 6.07) is 7.92. The first-order valence-electron chi connectivity index (χ1n) is 12.1. The third-order valence-electron chi connectivity index (χ3n) is 7.24. The molecule has 0 aromatic heterocycles. The second-order valence-electron chi connectivity index (χ2n) is 9.43. The second-order valence-corrected chi connectivity index (χ2v) is 10.2. The van der Waals surface area contributed by atoms with Gasteiger partial charge in [-0.2, -0.15) is 0 Å². The van der Waals surface area contributed by atoms with E-state index in [9.17, 15) is 9.59 Å². The van der Waals surface area contributed by atoms with Crippen LogP contribution < -0.4 is 0 Å². The summed E-state index contributed by atoms with van der Waals surface area (Å²) < 4.78 is 0. The lowest BCUT2D eigenvalue weighted by atomic mass is 9.91. The van der Waals surface area contributed by atoms with Crippen molar-refractivity contribution in [1.82, 2.24) is 14.7 Å². The Labute approximate surface area is 210 Å². The van der Waals surface area contributed by atoms with E-state index >= 15 is 0 Å². The smallest absolute Gasteiger partial charge is 0.253 e. The SMILES string of the molecule is O=C(C1=CC2=NC(=S)N(Cc3ccc(Cl)cc3)C(=O)C2C=C1)N1CCC(N2CCCCC2)CC1. The molecule has 4 aliphatic rings. The first-order chi connectivity index (χ1) is 16.5. The molecule has 1 aliphatic carbocycles. The Bertz CT molecular complexity index is 1070. The van der Waals surface area contributed by atoms with Crippen LogP contribution >= 0.6 is 23.8 Å². The topological polar surface area (TPSA) is 56.2 Å². The molecule has 6 nitrogen and oxygen atoms in total. The number of halogens is 1. The summed E-state index contributed by atoms with van der Waals surface area (Å²) in [6.07, 6.45) is 11.3. The van der Waals surface area contributed by atoms with Crippen molar-refractivity contribution in [2.45, 2.75) is 44.7 Å². The van der Waals surface area contributed by atoms with Gasteiger partial charge in [0.05, 0.1) is 18.2 Å². The molecule has 1 aromatic carbocycles. The van der Waals surface area contributed by atoms with E-state index in [0.29, 0.717) is 28.9 Å². The molecule has 3 aliphatic heterocycles. The molecule has 2 amide bonds. The van der Waals surface area contributed by atoms with Crippen molar-refractivity contribution in [3.63, 3.8) is 0 Å². The van der Waals surface area contributed by atoms with Gasteiger partial charge in [0.1, 0.15) is 0 Å². The number of allylic oxidation sites excluding steroid dienone is 1. The van der Waals surface area contributed by atoms with Crippen LogP contribution in [0.25, 0.3) is 0 Å². The van der Waals surface area contributed by atoms with E-state index in [4.69, 9.17) is 23.8 Å². The summed E-state index contributed by atoms with van der Waals surface area (Å²) in [7, 11) is 0.